The summed E-state index contributed by atoms with van der Waals surface area (Å²) in [5.41, 5.74) is 8.16. The Labute approximate surface area is 115 Å². The van der Waals surface area contributed by atoms with Crippen LogP contribution in [-0.2, 0) is 6.42 Å². The fraction of sp³-hybridized carbons (Fsp3) is 0.214. The van der Waals surface area contributed by atoms with Crippen LogP contribution in [0.4, 0.5) is 0 Å². The van der Waals surface area contributed by atoms with Crippen LogP contribution in [0.3, 0.4) is 0 Å². The molecular formula is C14H15BrN2O. The molecule has 2 aromatic rings. The number of methoxy groups -OCH3 is 1. The van der Waals surface area contributed by atoms with Crippen LogP contribution >= 0.6 is 15.9 Å². The summed E-state index contributed by atoms with van der Waals surface area (Å²) in [4.78, 5) is 4.32. The average Bonchev–Trinajstić information content (AvgIpc) is 2.39. The van der Waals surface area contributed by atoms with E-state index in [1.54, 1.807) is 13.3 Å². The van der Waals surface area contributed by atoms with Crippen LogP contribution in [0.25, 0.3) is 0 Å². The Morgan fingerprint density at radius 1 is 1.28 bits per heavy atom. The number of pyridine rings is 1. The Hall–Kier alpha value is -1.39. The van der Waals surface area contributed by atoms with Crippen LogP contribution in [0.15, 0.2) is 47.1 Å². The number of nitrogens with two attached hydrogens (primary N) is 1. The van der Waals surface area contributed by atoms with Gasteiger partial charge in [0.1, 0.15) is 5.75 Å². The fourth-order valence-corrected chi connectivity index (χ4v) is 2.42. The zero-order valence-electron chi connectivity index (χ0n) is 10.1. The zero-order chi connectivity index (χ0) is 13.0. The van der Waals surface area contributed by atoms with Gasteiger partial charge >= 0.3 is 0 Å². The molecule has 94 valence electrons. The SMILES string of the molecule is COc1ccccc1CC(N)c1ncccc1Br. The highest BCUT2D eigenvalue weighted by Gasteiger charge is 2.13. The van der Waals surface area contributed by atoms with Gasteiger partial charge in [-0.05, 0) is 46.1 Å². The van der Waals surface area contributed by atoms with Crippen molar-refractivity contribution in [2.75, 3.05) is 7.11 Å². The third-order valence-corrected chi connectivity index (χ3v) is 3.44. The molecule has 0 spiro atoms. The molecule has 0 aliphatic heterocycles. The van der Waals surface area contributed by atoms with Crippen molar-refractivity contribution in [1.82, 2.24) is 4.98 Å². The number of hydrogen-bond donors (Lipinski definition) is 1. The Kier molecular flexibility index (Phi) is 4.33. The molecule has 0 saturated heterocycles. The van der Waals surface area contributed by atoms with E-state index in [0.717, 1.165) is 21.5 Å². The fourth-order valence-electron chi connectivity index (χ4n) is 1.88. The van der Waals surface area contributed by atoms with Crippen molar-refractivity contribution >= 4 is 15.9 Å². The molecule has 0 saturated carbocycles. The number of ether oxygens (including phenoxy) is 1. The number of halogens is 1. The van der Waals surface area contributed by atoms with E-state index in [2.05, 4.69) is 20.9 Å². The lowest BCUT2D eigenvalue weighted by atomic mass is 10.0. The molecule has 0 bridgehead atoms. The molecule has 1 atom stereocenters. The quantitative estimate of drug-likeness (QED) is 0.944. The Balaban J connectivity index is 2.21. The smallest absolute Gasteiger partial charge is 0.122 e. The summed E-state index contributed by atoms with van der Waals surface area (Å²) in [5.74, 6) is 0.861. The van der Waals surface area contributed by atoms with E-state index in [0.29, 0.717) is 6.42 Å². The maximum atomic E-state index is 6.20. The molecule has 1 unspecified atom stereocenters. The molecule has 4 heteroatoms. The summed E-state index contributed by atoms with van der Waals surface area (Å²) in [7, 11) is 1.67. The van der Waals surface area contributed by atoms with Gasteiger partial charge in [-0.25, -0.2) is 0 Å². The van der Waals surface area contributed by atoms with Crippen molar-refractivity contribution in [2.45, 2.75) is 12.5 Å². The zero-order valence-corrected chi connectivity index (χ0v) is 11.7. The van der Waals surface area contributed by atoms with Gasteiger partial charge in [0, 0.05) is 10.7 Å². The molecule has 0 aliphatic rings. The Bertz CT molecular complexity index is 531. The maximum absolute atomic E-state index is 6.20. The highest BCUT2D eigenvalue weighted by molar-refractivity contribution is 9.10. The number of nitrogens with zero attached hydrogens (tertiary/aromatic N) is 1. The van der Waals surface area contributed by atoms with Gasteiger partial charge in [0.15, 0.2) is 0 Å². The standard InChI is InChI=1S/C14H15BrN2O/c1-18-13-7-3-2-5-10(13)9-12(16)14-11(15)6-4-8-17-14/h2-8,12H,9,16H2,1H3. The van der Waals surface area contributed by atoms with Crippen molar-refractivity contribution < 1.29 is 4.74 Å². The van der Waals surface area contributed by atoms with Gasteiger partial charge in [-0.15, -0.1) is 0 Å². The molecule has 2 rings (SSSR count). The lowest BCUT2D eigenvalue weighted by Crippen LogP contribution is -2.16. The number of hydrogen-bond acceptors (Lipinski definition) is 3. The van der Waals surface area contributed by atoms with Crippen LogP contribution in [0.1, 0.15) is 17.3 Å². The topological polar surface area (TPSA) is 48.1 Å². The second kappa shape index (κ2) is 5.98. The summed E-state index contributed by atoms with van der Waals surface area (Å²) in [6.07, 6.45) is 2.45. The minimum atomic E-state index is -0.156. The van der Waals surface area contributed by atoms with Crippen molar-refractivity contribution in [3.05, 3.63) is 58.3 Å². The van der Waals surface area contributed by atoms with Crippen LogP contribution in [0.5, 0.6) is 5.75 Å². The first-order chi connectivity index (χ1) is 8.72. The Morgan fingerprint density at radius 3 is 2.78 bits per heavy atom. The van der Waals surface area contributed by atoms with Crippen LogP contribution in [0.2, 0.25) is 0 Å². The van der Waals surface area contributed by atoms with E-state index < -0.39 is 0 Å². The van der Waals surface area contributed by atoms with E-state index >= 15 is 0 Å². The number of para-hydroxylation sites is 1. The first-order valence-corrected chi connectivity index (χ1v) is 6.49. The summed E-state index contributed by atoms with van der Waals surface area (Å²) in [6.45, 7) is 0. The van der Waals surface area contributed by atoms with Crippen LogP contribution in [0, 0.1) is 0 Å². The van der Waals surface area contributed by atoms with Crippen molar-refractivity contribution in [1.29, 1.82) is 0 Å². The summed E-state index contributed by atoms with van der Waals surface area (Å²) in [6, 6.07) is 11.6. The summed E-state index contributed by atoms with van der Waals surface area (Å²) >= 11 is 3.47. The second-order valence-electron chi connectivity index (χ2n) is 3.99. The largest absolute Gasteiger partial charge is 0.496 e. The summed E-state index contributed by atoms with van der Waals surface area (Å²) in [5, 5.41) is 0. The number of benzene rings is 1. The second-order valence-corrected chi connectivity index (χ2v) is 4.85. The summed E-state index contributed by atoms with van der Waals surface area (Å²) < 4.78 is 6.26. The molecular weight excluding hydrogens is 292 g/mol. The van der Waals surface area contributed by atoms with Crippen molar-refractivity contribution in [3.8, 4) is 5.75 Å². The minimum Gasteiger partial charge on any atom is -0.496 e. The molecule has 1 heterocycles. The normalized spacial score (nSPS) is 12.2. The van der Waals surface area contributed by atoms with Gasteiger partial charge in [-0.1, -0.05) is 18.2 Å². The predicted octanol–water partition coefficient (Wildman–Crippen LogP) is 3.10. The lowest BCUT2D eigenvalue weighted by Gasteiger charge is -2.14. The van der Waals surface area contributed by atoms with Gasteiger partial charge in [-0.2, -0.15) is 0 Å². The molecule has 0 aliphatic carbocycles. The minimum absolute atomic E-state index is 0.156. The first-order valence-electron chi connectivity index (χ1n) is 5.70. The van der Waals surface area contributed by atoms with Crippen molar-refractivity contribution in [3.63, 3.8) is 0 Å². The Morgan fingerprint density at radius 2 is 2.06 bits per heavy atom. The number of rotatable bonds is 4. The molecule has 2 N–H and O–H groups in total. The van der Waals surface area contributed by atoms with E-state index in [-0.39, 0.29) is 6.04 Å². The monoisotopic (exact) mass is 306 g/mol. The van der Waals surface area contributed by atoms with E-state index in [1.165, 1.54) is 0 Å². The molecule has 3 nitrogen and oxygen atoms in total. The lowest BCUT2D eigenvalue weighted by molar-refractivity contribution is 0.408. The number of aromatic nitrogens is 1. The molecule has 0 amide bonds. The van der Waals surface area contributed by atoms with Crippen LogP contribution in [-0.4, -0.2) is 12.1 Å². The van der Waals surface area contributed by atoms with Gasteiger partial charge in [0.2, 0.25) is 0 Å². The van der Waals surface area contributed by atoms with E-state index in [1.807, 2.05) is 36.4 Å². The van der Waals surface area contributed by atoms with E-state index in [4.69, 9.17) is 10.5 Å². The van der Waals surface area contributed by atoms with E-state index in [9.17, 15) is 0 Å². The highest BCUT2D eigenvalue weighted by atomic mass is 79.9. The van der Waals surface area contributed by atoms with Gasteiger partial charge in [0.25, 0.3) is 0 Å². The molecule has 18 heavy (non-hydrogen) atoms. The molecule has 0 radical (unpaired) electrons. The van der Waals surface area contributed by atoms with Gasteiger partial charge < -0.3 is 10.5 Å². The molecule has 1 aromatic heterocycles. The van der Waals surface area contributed by atoms with Crippen LogP contribution < -0.4 is 10.5 Å². The van der Waals surface area contributed by atoms with Crippen molar-refractivity contribution in [2.24, 2.45) is 5.73 Å². The third kappa shape index (κ3) is 2.89. The first kappa shape index (κ1) is 13.1. The van der Waals surface area contributed by atoms with Gasteiger partial charge in [0.05, 0.1) is 18.8 Å². The molecule has 1 aromatic carbocycles. The third-order valence-electron chi connectivity index (χ3n) is 2.77. The average molecular weight is 307 g/mol. The predicted molar refractivity (Wildman–Crippen MR) is 75.6 cm³/mol. The highest BCUT2D eigenvalue weighted by Crippen LogP contribution is 2.26. The van der Waals surface area contributed by atoms with Gasteiger partial charge in [-0.3, -0.25) is 4.98 Å². The molecule has 0 fully saturated rings. The maximum Gasteiger partial charge on any atom is 0.122 e.